The van der Waals surface area contributed by atoms with Gasteiger partial charge in [-0.3, -0.25) is 0 Å². The minimum atomic E-state index is 0.226. The highest BCUT2D eigenvalue weighted by Gasteiger charge is 2.29. The van der Waals surface area contributed by atoms with E-state index in [0.717, 1.165) is 12.5 Å². The summed E-state index contributed by atoms with van der Waals surface area (Å²) in [7, 11) is 2.01. The van der Waals surface area contributed by atoms with Crippen molar-refractivity contribution >= 4 is 0 Å². The van der Waals surface area contributed by atoms with Gasteiger partial charge in [-0.15, -0.1) is 0 Å². The smallest absolute Gasteiger partial charge is 0.0484 e. The summed E-state index contributed by atoms with van der Waals surface area (Å²) in [5.74, 6) is 0.842. The molecule has 1 fully saturated rings. The zero-order chi connectivity index (χ0) is 9.03. The fourth-order valence-corrected chi connectivity index (χ4v) is 2.03. The molecule has 1 saturated carbocycles. The minimum absolute atomic E-state index is 0.226. The SMILES string of the molecule is CNCC1CCC(C)(CO)CC1. The fourth-order valence-electron chi connectivity index (χ4n) is 2.03. The predicted octanol–water partition coefficient (Wildman–Crippen LogP) is 1.39. The van der Waals surface area contributed by atoms with E-state index in [-0.39, 0.29) is 5.41 Å². The van der Waals surface area contributed by atoms with Crippen LogP contribution >= 0.6 is 0 Å². The normalized spacial score (nSPS) is 36.8. The zero-order valence-electron chi connectivity index (χ0n) is 8.27. The third-order valence-electron chi connectivity index (χ3n) is 3.19. The van der Waals surface area contributed by atoms with E-state index in [1.54, 1.807) is 0 Å². The van der Waals surface area contributed by atoms with Crippen molar-refractivity contribution in [3.05, 3.63) is 0 Å². The lowest BCUT2D eigenvalue weighted by molar-refractivity contribution is 0.0813. The van der Waals surface area contributed by atoms with Crippen LogP contribution in [0.3, 0.4) is 0 Å². The van der Waals surface area contributed by atoms with Gasteiger partial charge in [0.1, 0.15) is 0 Å². The second-order valence-electron chi connectivity index (χ2n) is 4.47. The van der Waals surface area contributed by atoms with E-state index < -0.39 is 0 Å². The Morgan fingerprint density at radius 2 is 2.00 bits per heavy atom. The van der Waals surface area contributed by atoms with E-state index in [1.165, 1.54) is 25.7 Å². The molecule has 0 bridgehead atoms. The van der Waals surface area contributed by atoms with Gasteiger partial charge in [0.2, 0.25) is 0 Å². The Balaban J connectivity index is 2.29. The molecule has 1 aliphatic rings. The van der Waals surface area contributed by atoms with E-state index in [2.05, 4.69) is 12.2 Å². The molecular formula is C10H21NO. The van der Waals surface area contributed by atoms with Crippen molar-refractivity contribution in [3.63, 3.8) is 0 Å². The summed E-state index contributed by atoms with van der Waals surface area (Å²) in [4.78, 5) is 0. The highest BCUT2D eigenvalue weighted by molar-refractivity contribution is 4.81. The Kier molecular flexibility index (Phi) is 3.53. The van der Waals surface area contributed by atoms with E-state index in [1.807, 2.05) is 7.05 Å². The maximum Gasteiger partial charge on any atom is 0.0484 e. The van der Waals surface area contributed by atoms with Crippen LogP contribution in [0.4, 0.5) is 0 Å². The molecule has 2 N–H and O–H groups in total. The van der Waals surface area contributed by atoms with Crippen LogP contribution in [0.15, 0.2) is 0 Å². The molecule has 0 heterocycles. The first-order chi connectivity index (χ1) is 5.70. The molecule has 0 aromatic carbocycles. The van der Waals surface area contributed by atoms with Gasteiger partial charge in [0.05, 0.1) is 0 Å². The number of aliphatic hydroxyl groups is 1. The highest BCUT2D eigenvalue weighted by Crippen LogP contribution is 2.37. The predicted molar refractivity (Wildman–Crippen MR) is 51.1 cm³/mol. The highest BCUT2D eigenvalue weighted by atomic mass is 16.3. The second-order valence-corrected chi connectivity index (χ2v) is 4.47. The Labute approximate surface area is 75.4 Å². The van der Waals surface area contributed by atoms with Crippen LogP contribution in [-0.2, 0) is 0 Å². The second kappa shape index (κ2) is 4.24. The van der Waals surface area contributed by atoms with Gasteiger partial charge < -0.3 is 10.4 Å². The van der Waals surface area contributed by atoms with Gasteiger partial charge in [0, 0.05) is 6.61 Å². The average Bonchev–Trinajstić information content (AvgIpc) is 2.10. The summed E-state index contributed by atoms with van der Waals surface area (Å²) < 4.78 is 0. The summed E-state index contributed by atoms with van der Waals surface area (Å²) in [6.45, 7) is 3.70. The monoisotopic (exact) mass is 171 g/mol. The first kappa shape index (κ1) is 10.0. The van der Waals surface area contributed by atoms with Crippen LogP contribution in [0.1, 0.15) is 32.6 Å². The lowest BCUT2D eigenvalue weighted by Crippen LogP contribution is -2.31. The molecule has 12 heavy (non-hydrogen) atoms. The molecule has 0 radical (unpaired) electrons. The van der Waals surface area contributed by atoms with Gasteiger partial charge >= 0.3 is 0 Å². The topological polar surface area (TPSA) is 32.3 Å². The molecule has 0 spiro atoms. The molecule has 0 atom stereocenters. The molecular weight excluding hydrogens is 150 g/mol. The van der Waals surface area contributed by atoms with Gasteiger partial charge in [0.25, 0.3) is 0 Å². The average molecular weight is 171 g/mol. The summed E-state index contributed by atoms with van der Waals surface area (Å²) in [5, 5.41) is 12.4. The molecule has 1 aliphatic carbocycles. The van der Waals surface area contributed by atoms with Crippen molar-refractivity contribution in [2.24, 2.45) is 11.3 Å². The molecule has 72 valence electrons. The van der Waals surface area contributed by atoms with Crippen LogP contribution in [-0.4, -0.2) is 25.3 Å². The number of nitrogens with one attached hydrogen (secondary N) is 1. The van der Waals surface area contributed by atoms with Crippen molar-refractivity contribution in [1.82, 2.24) is 5.32 Å². The van der Waals surface area contributed by atoms with Crippen molar-refractivity contribution in [2.45, 2.75) is 32.6 Å². The van der Waals surface area contributed by atoms with E-state index in [0.29, 0.717) is 6.61 Å². The summed E-state index contributed by atoms with van der Waals surface area (Å²) in [6, 6.07) is 0. The lowest BCUT2D eigenvalue weighted by Gasteiger charge is -2.35. The first-order valence-corrected chi connectivity index (χ1v) is 4.96. The molecule has 1 rings (SSSR count). The molecule has 0 aromatic rings. The van der Waals surface area contributed by atoms with Crippen molar-refractivity contribution in [1.29, 1.82) is 0 Å². The lowest BCUT2D eigenvalue weighted by atomic mass is 9.72. The molecule has 0 aromatic heterocycles. The van der Waals surface area contributed by atoms with Crippen LogP contribution in [0.2, 0.25) is 0 Å². The standard InChI is InChI=1S/C10H21NO/c1-10(8-12)5-3-9(4-6-10)7-11-2/h9,11-12H,3-8H2,1-2H3. The number of hydrogen-bond donors (Lipinski definition) is 2. The largest absolute Gasteiger partial charge is 0.396 e. The third-order valence-corrected chi connectivity index (χ3v) is 3.19. The van der Waals surface area contributed by atoms with Gasteiger partial charge in [-0.05, 0) is 50.6 Å². The quantitative estimate of drug-likeness (QED) is 0.672. The maximum absolute atomic E-state index is 9.15. The molecule has 2 heteroatoms. The molecule has 2 nitrogen and oxygen atoms in total. The molecule has 0 unspecified atom stereocenters. The van der Waals surface area contributed by atoms with Gasteiger partial charge in [-0.1, -0.05) is 6.92 Å². The zero-order valence-corrected chi connectivity index (χ0v) is 8.27. The van der Waals surface area contributed by atoms with E-state index in [9.17, 15) is 0 Å². The Bertz CT molecular complexity index is 128. The number of hydrogen-bond acceptors (Lipinski definition) is 2. The Morgan fingerprint density at radius 1 is 1.42 bits per heavy atom. The van der Waals surface area contributed by atoms with Crippen LogP contribution < -0.4 is 5.32 Å². The third kappa shape index (κ3) is 2.46. The summed E-state index contributed by atoms with van der Waals surface area (Å²) in [6.07, 6.45) is 4.93. The summed E-state index contributed by atoms with van der Waals surface area (Å²) >= 11 is 0. The Hall–Kier alpha value is -0.0800. The minimum Gasteiger partial charge on any atom is -0.396 e. The van der Waals surface area contributed by atoms with Gasteiger partial charge in [-0.2, -0.15) is 0 Å². The fraction of sp³-hybridized carbons (Fsp3) is 1.00. The Morgan fingerprint density at radius 3 is 2.42 bits per heavy atom. The first-order valence-electron chi connectivity index (χ1n) is 4.96. The van der Waals surface area contributed by atoms with Crippen molar-refractivity contribution in [2.75, 3.05) is 20.2 Å². The molecule has 0 saturated heterocycles. The maximum atomic E-state index is 9.15. The van der Waals surface area contributed by atoms with E-state index >= 15 is 0 Å². The van der Waals surface area contributed by atoms with Crippen LogP contribution in [0.5, 0.6) is 0 Å². The summed E-state index contributed by atoms with van der Waals surface area (Å²) in [5.41, 5.74) is 0.226. The molecule has 0 aliphatic heterocycles. The van der Waals surface area contributed by atoms with Crippen molar-refractivity contribution in [3.8, 4) is 0 Å². The van der Waals surface area contributed by atoms with E-state index in [4.69, 9.17) is 5.11 Å². The van der Waals surface area contributed by atoms with Gasteiger partial charge in [0.15, 0.2) is 0 Å². The van der Waals surface area contributed by atoms with Crippen LogP contribution in [0.25, 0.3) is 0 Å². The number of aliphatic hydroxyl groups excluding tert-OH is 1. The number of rotatable bonds is 3. The van der Waals surface area contributed by atoms with Gasteiger partial charge in [-0.25, -0.2) is 0 Å². The van der Waals surface area contributed by atoms with Crippen LogP contribution in [0, 0.1) is 11.3 Å². The molecule has 0 amide bonds. The van der Waals surface area contributed by atoms with Crippen molar-refractivity contribution < 1.29 is 5.11 Å².